The van der Waals surface area contributed by atoms with Crippen LogP contribution < -0.4 is 5.43 Å². The largest absolute Gasteiger partial charge is 0.271 e. The van der Waals surface area contributed by atoms with Gasteiger partial charge in [-0.2, -0.15) is 0 Å². The Morgan fingerprint density at radius 1 is 1.25 bits per heavy atom. The van der Waals surface area contributed by atoms with Crippen LogP contribution in [-0.2, 0) is 0 Å². The molecule has 0 aliphatic heterocycles. The average Bonchev–Trinajstić information content (AvgIpc) is 2.70. The number of nitrogens with zero attached hydrogens (tertiary/aromatic N) is 2. The first kappa shape index (κ1) is 14.3. The van der Waals surface area contributed by atoms with E-state index < -0.39 is 10.8 Å². The third-order valence-corrected chi connectivity index (χ3v) is 3.58. The highest BCUT2D eigenvalue weighted by Crippen LogP contribution is 2.22. The van der Waals surface area contributed by atoms with Gasteiger partial charge in [-0.25, -0.2) is 0 Å². The zero-order valence-electron chi connectivity index (χ0n) is 10.9. The van der Waals surface area contributed by atoms with Crippen LogP contribution in [0.1, 0.15) is 21.7 Å². The summed E-state index contributed by atoms with van der Waals surface area (Å²) in [6.45, 7) is 3.71. The zero-order valence-corrected chi connectivity index (χ0v) is 12.5. The monoisotopic (exact) mass is 337 g/mol. The Morgan fingerprint density at radius 3 is 2.40 bits per heavy atom. The number of rotatable bonds is 3. The van der Waals surface area contributed by atoms with Crippen molar-refractivity contribution in [2.24, 2.45) is 0 Å². The molecule has 0 saturated heterocycles. The number of aromatic nitrogens is 1. The third-order valence-electron chi connectivity index (χ3n) is 2.89. The Bertz CT molecular complexity index is 675. The molecule has 104 valence electrons. The van der Waals surface area contributed by atoms with Crippen molar-refractivity contribution in [2.75, 3.05) is 5.43 Å². The molecule has 0 fully saturated rings. The molecule has 0 radical (unpaired) electrons. The lowest BCUT2D eigenvalue weighted by Crippen LogP contribution is -2.25. The SMILES string of the molecule is Cc1ccc(C)n1NC(=O)c1cc([N+](=O)[O-])ccc1Br. The summed E-state index contributed by atoms with van der Waals surface area (Å²) in [6.07, 6.45) is 0. The van der Waals surface area contributed by atoms with Crippen LogP contribution in [-0.4, -0.2) is 15.5 Å². The maximum absolute atomic E-state index is 12.2. The van der Waals surface area contributed by atoms with Crippen molar-refractivity contribution in [3.05, 3.63) is 61.9 Å². The van der Waals surface area contributed by atoms with Gasteiger partial charge in [0.05, 0.1) is 10.5 Å². The summed E-state index contributed by atoms with van der Waals surface area (Å²) in [7, 11) is 0. The number of nitro groups is 1. The van der Waals surface area contributed by atoms with E-state index in [4.69, 9.17) is 0 Å². The number of hydrogen-bond acceptors (Lipinski definition) is 3. The van der Waals surface area contributed by atoms with Gasteiger partial charge in [0.2, 0.25) is 0 Å². The summed E-state index contributed by atoms with van der Waals surface area (Å²) in [4.78, 5) is 22.5. The molecule has 1 aromatic carbocycles. The molecule has 0 bridgehead atoms. The lowest BCUT2D eigenvalue weighted by Gasteiger charge is -2.12. The molecule has 0 spiro atoms. The van der Waals surface area contributed by atoms with Crippen molar-refractivity contribution in [1.29, 1.82) is 0 Å². The lowest BCUT2D eigenvalue weighted by atomic mass is 10.2. The van der Waals surface area contributed by atoms with Gasteiger partial charge in [0, 0.05) is 28.0 Å². The lowest BCUT2D eigenvalue weighted by molar-refractivity contribution is -0.384. The number of hydrogen-bond donors (Lipinski definition) is 1. The number of carbonyl (C=O) groups excluding carboxylic acids is 1. The zero-order chi connectivity index (χ0) is 14.9. The summed E-state index contributed by atoms with van der Waals surface area (Å²) < 4.78 is 2.14. The number of aryl methyl sites for hydroxylation is 2. The minimum absolute atomic E-state index is 0.126. The fourth-order valence-corrected chi connectivity index (χ4v) is 2.23. The van der Waals surface area contributed by atoms with E-state index in [9.17, 15) is 14.9 Å². The maximum atomic E-state index is 12.2. The van der Waals surface area contributed by atoms with Crippen molar-refractivity contribution in [3.8, 4) is 0 Å². The van der Waals surface area contributed by atoms with Gasteiger partial charge in [-0.1, -0.05) is 0 Å². The van der Waals surface area contributed by atoms with E-state index in [0.29, 0.717) is 4.47 Å². The second-order valence-electron chi connectivity index (χ2n) is 4.31. The molecular weight excluding hydrogens is 326 g/mol. The second kappa shape index (κ2) is 5.46. The van der Waals surface area contributed by atoms with Crippen molar-refractivity contribution >= 4 is 27.5 Å². The highest BCUT2D eigenvalue weighted by Gasteiger charge is 2.16. The van der Waals surface area contributed by atoms with E-state index in [1.54, 1.807) is 4.68 Å². The molecule has 0 unspecified atom stereocenters. The molecule has 0 aliphatic rings. The van der Waals surface area contributed by atoms with Gasteiger partial charge >= 0.3 is 0 Å². The van der Waals surface area contributed by atoms with Crippen LogP contribution in [0.5, 0.6) is 0 Å². The van der Waals surface area contributed by atoms with Crippen LogP contribution >= 0.6 is 15.9 Å². The molecule has 1 amide bonds. The van der Waals surface area contributed by atoms with Crippen LogP contribution in [0.25, 0.3) is 0 Å². The molecule has 1 heterocycles. The molecule has 2 aromatic rings. The molecule has 0 saturated carbocycles. The first-order valence-electron chi connectivity index (χ1n) is 5.80. The number of carbonyl (C=O) groups is 1. The highest BCUT2D eigenvalue weighted by atomic mass is 79.9. The quantitative estimate of drug-likeness (QED) is 0.690. The highest BCUT2D eigenvalue weighted by molar-refractivity contribution is 9.10. The van der Waals surface area contributed by atoms with Gasteiger partial charge in [0.1, 0.15) is 0 Å². The number of amides is 1. The molecule has 7 heteroatoms. The van der Waals surface area contributed by atoms with Gasteiger partial charge in [0.15, 0.2) is 0 Å². The van der Waals surface area contributed by atoms with Crippen molar-refractivity contribution in [2.45, 2.75) is 13.8 Å². The minimum atomic E-state index is -0.532. The minimum Gasteiger partial charge on any atom is -0.267 e. The molecule has 0 atom stereocenters. The number of nitro benzene ring substituents is 1. The number of benzene rings is 1. The standard InChI is InChI=1S/C13H12BrN3O3/c1-8-3-4-9(2)16(8)15-13(18)11-7-10(17(19)20)5-6-12(11)14/h3-7H,1-2H3,(H,15,18). The summed E-state index contributed by atoms with van der Waals surface area (Å²) in [5, 5.41) is 10.8. The van der Waals surface area contributed by atoms with Gasteiger partial charge in [0.25, 0.3) is 11.6 Å². The van der Waals surface area contributed by atoms with E-state index in [-0.39, 0.29) is 11.3 Å². The summed E-state index contributed by atoms with van der Waals surface area (Å²) in [6, 6.07) is 7.82. The van der Waals surface area contributed by atoms with Crippen molar-refractivity contribution in [3.63, 3.8) is 0 Å². The Morgan fingerprint density at radius 2 is 1.85 bits per heavy atom. The molecule has 6 nitrogen and oxygen atoms in total. The van der Waals surface area contributed by atoms with E-state index in [1.807, 2.05) is 26.0 Å². The molecule has 1 N–H and O–H groups in total. The normalized spacial score (nSPS) is 10.3. The molecule has 20 heavy (non-hydrogen) atoms. The van der Waals surface area contributed by atoms with Gasteiger partial charge in [-0.3, -0.25) is 25.0 Å². The van der Waals surface area contributed by atoms with Crippen LogP contribution in [0.4, 0.5) is 5.69 Å². The Hall–Kier alpha value is -2.15. The van der Waals surface area contributed by atoms with Gasteiger partial charge in [-0.15, -0.1) is 0 Å². The predicted octanol–water partition coefficient (Wildman–Crippen LogP) is 3.16. The van der Waals surface area contributed by atoms with Crippen LogP contribution in [0.15, 0.2) is 34.8 Å². The van der Waals surface area contributed by atoms with Crippen LogP contribution in [0.2, 0.25) is 0 Å². The first-order valence-corrected chi connectivity index (χ1v) is 6.59. The van der Waals surface area contributed by atoms with Crippen LogP contribution in [0, 0.1) is 24.0 Å². The van der Waals surface area contributed by atoms with Crippen LogP contribution in [0.3, 0.4) is 0 Å². The maximum Gasteiger partial charge on any atom is 0.271 e. The number of non-ortho nitro benzene ring substituents is 1. The van der Waals surface area contributed by atoms with E-state index >= 15 is 0 Å². The first-order chi connectivity index (χ1) is 9.40. The van der Waals surface area contributed by atoms with E-state index in [0.717, 1.165) is 11.4 Å². The Balaban J connectivity index is 2.34. The van der Waals surface area contributed by atoms with Gasteiger partial charge in [-0.05, 0) is 48.0 Å². The predicted molar refractivity (Wildman–Crippen MR) is 78.4 cm³/mol. The second-order valence-corrected chi connectivity index (χ2v) is 5.17. The molecule has 2 rings (SSSR count). The van der Waals surface area contributed by atoms with E-state index in [2.05, 4.69) is 21.4 Å². The third kappa shape index (κ3) is 2.72. The van der Waals surface area contributed by atoms with E-state index in [1.165, 1.54) is 18.2 Å². The topological polar surface area (TPSA) is 77.2 Å². The van der Waals surface area contributed by atoms with Gasteiger partial charge < -0.3 is 0 Å². The van der Waals surface area contributed by atoms with Crippen molar-refractivity contribution < 1.29 is 9.72 Å². The Labute approximate surface area is 123 Å². The summed E-state index contributed by atoms with van der Waals surface area (Å²) in [5.41, 5.74) is 4.54. The molecular formula is C13H12BrN3O3. The number of halogens is 1. The molecule has 0 aliphatic carbocycles. The smallest absolute Gasteiger partial charge is 0.267 e. The summed E-state index contributed by atoms with van der Waals surface area (Å²) >= 11 is 3.23. The molecule has 1 aromatic heterocycles. The summed E-state index contributed by atoms with van der Waals surface area (Å²) in [5.74, 6) is -0.414. The fraction of sp³-hybridized carbons (Fsp3) is 0.154. The Kier molecular flexibility index (Phi) is 3.89. The average molecular weight is 338 g/mol. The number of nitrogens with one attached hydrogen (secondary N) is 1. The van der Waals surface area contributed by atoms with Crippen molar-refractivity contribution in [1.82, 2.24) is 4.68 Å². The fourth-order valence-electron chi connectivity index (χ4n) is 1.81.